The molecule has 0 aliphatic heterocycles. The molecule has 102 valence electrons. The number of benzene rings is 1. The Kier molecular flexibility index (Phi) is 3.36. The molecule has 1 N–H and O–H groups in total. The van der Waals surface area contributed by atoms with E-state index in [1.807, 2.05) is 0 Å². The van der Waals surface area contributed by atoms with Gasteiger partial charge in [0, 0.05) is 23.1 Å². The lowest BCUT2D eigenvalue weighted by atomic mass is 9.93. The molecular formula is C17H23NO. The lowest BCUT2D eigenvalue weighted by Crippen LogP contribution is -2.20. The first-order valence-electron chi connectivity index (χ1n) is 7.44. The standard InChI is InChI=1S/C17H23NO/c1-12(2)16-11-18(13-7-9-14(19)10-8-13)17-6-4-3-5-15(16)17/h3-6,11-14,19H,7-10H2,1-2H3. The molecule has 1 aromatic carbocycles. The highest BCUT2D eigenvalue weighted by Gasteiger charge is 2.23. The van der Waals surface area contributed by atoms with Gasteiger partial charge >= 0.3 is 0 Å². The van der Waals surface area contributed by atoms with Crippen LogP contribution in [-0.4, -0.2) is 15.8 Å². The third-order valence-corrected chi connectivity index (χ3v) is 4.45. The first-order chi connectivity index (χ1) is 9.16. The van der Waals surface area contributed by atoms with Crippen molar-refractivity contribution in [2.24, 2.45) is 0 Å². The summed E-state index contributed by atoms with van der Waals surface area (Å²) in [6, 6.07) is 9.27. The molecule has 3 rings (SSSR count). The number of aliphatic hydroxyl groups excluding tert-OH is 1. The number of para-hydroxylation sites is 1. The van der Waals surface area contributed by atoms with Crippen LogP contribution in [0.25, 0.3) is 10.9 Å². The van der Waals surface area contributed by atoms with Crippen LogP contribution >= 0.6 is 0 Å². The summed E-state index contributed by atoms with van der Waals surface area (Å²) in [7, 11) is 0. The predicted molar refractivity (Wildman–Crippen MR) is 79.5 cm³/mol. The van der Waals surface area contributed by atoms with Crippen molar-refractivity contribution in [2.45, 2.75) is 57.6 Å². The highest BCUT2D eigenvalue weighted by Crippen LogP contribution is 2.35. The van der Waals surface area contributed by atoms with E-state index < -0.39 is 0 Å². The Morgan fingerprint density at radius 3 is 2.47 bits per heavy atom. The van der Waals surface area contributed by atoms with E-state index in [-0.39, 0.29) is 6.10 Å². The fourth-order valence-electron chi connectivity index (χ4n) is 3.33. The second-order valence-corrected chi connectivity index (χ2v) is 6.13. The van der Waals surface area contributed by atoms with Crippen molar-refractivity contribution >= 4 is 10.9 Å². The normalized spacial score (nSPS) is 24.2. The van der Waals surface area contributed by atoms with Crippen molar-refractivity contribution in [1.82, 2.24) is 4.57 Å². The summed E-state index contributed by atoms with van der Waals surface area (Å²) in [5.74, 6) is 0.556. The van der Waals surface area contributed by atoms with Gasteiger partial charge in [-0.1, -0.05) is 32.0 Å². The lowest BCUT2D eigenvalue weighted by molar-refractivity contribution is 0.111. The zero-order valence-corrected chi connectivity index (χ0v) is 11.8. The van der Waals surface area contributed by atoms with Gasteiger partial charge in [0.05, 0.1) is 6.10 Å². The van der Waals surface area contributed by atoms with Gasteiger partial charge in [0.1, 0.15) is 0 Å². The van der Waals surface area contributed by atoms with E-state index in [4.69, 9.17) is 0 Å². The summed E-state index contributed by atoms with van der Waals surface area (Å²) in [5, 5.41) is 11.1. The Morgan fingerprint density at radius 2 is 1.79 bits per heavy atom. The Bertz CT molecular complexity index is 562. The Hall–Kier alpha value is -1.28. The molecule has 0 atom stereocenters. The summed E-state index contributed by atoms with van der Waals surface area (Å²) in [6.07, 6.45) is 6.33. The molecule has 0 unspecified atom stereocenters. The summed E-state index contributed by atoms with van der Waals surface area (Å²) in [4.78, 5) is 0. The average molecular weight is 257 g/mol. The molecule has 1 aliphatic carbocycles. The quantitative estimate of drug-likeness (QED) is 0.855. The number of nitrogens with zero attached hydrogens (tertiary/aromatic N) is 1. The van der Waals surface area contributed by atoms with Crippen molar-refractivity contribution in [3.63, 3.8) is 0 Å². The van der Waals surface area contributed by atoms with E-state index in [0.717, 1.165) is 25.7 Å². The van der Waals surface area contributed by atoms with Crippen LogP contribution < -0.4 is 0 Å². The number of hydrogen-bond donors (Lipinski definition) is 1. The maximum atomic E-state index is 9.67. The molecule has 1 heterocycles. The van der Waals surface area contributed by atoms with E-state index in [2.05, 4.69) is 48.9 Å². The molecule has 0 spiro atoms. The maximum absolute atomic E-state index is 9.67. The fraction of sp³-hybridized carbons (Fsp3) is 0.529. The van der Waals surface area contributed by atoms with Crippen LogP contribution in [-0.2, 0) is 0 Å². The van der Waals surface area contributed by atoms with Crippen molar-refractivity contribution in [3.8, 4) is 0 Å². The van der Waals surface area contributed by atoms with Gasteiger partial charge in [-0.2, -0.15) is 0 Å². The largest absolute Gasteiger partial charge is 0.393 e. The van der Waals surface area contributed by atoms with Gasteiger partial charge in [-0.05, 0) is 43.2 Å². The van der Waals surface area contributed by atoms with Crippen molar-refractivity contribution < 1.29 is 5.11 Å². The second-order valence-electron chi connectivity index (χ2n) is 6.13. The molecule has 1 aliphatic rings. The van der Waals surface area contributed by atoms with Crippen molar-refractivity contribution in [2.75, 3.05) is 0 Å². The first-order valence-corrected chi connectivity index (χ1v) is 7.44. The number of hydrogen-bond acceptors (Lipinski definition) is 1. The third kappa shape index (κ3) is 2.30. The van der Waals surface area contributed by atoms with Crippen LogP contribution in [0.2, 0.25) is 0 Å². The molecule has 2 nitrogen and oxygen atoms in total. The lowest BCUT2D eigenvalue weighted by Gasteiger charge is -2.27. The average Bonchev–Trinajstić information content (AvgIpc) is 2.79. The van der Waals surface area contributed by atoms with Crippen LogP contribution in [0.5, 0.6) is 0 Å². The van der Waals surface area contributed by atoms with Crippen molar-refractivity contribution in [1.29, 1.82) is 0 Å². The van der Waals surface area contributed by atoms with Crippen molar-refractivity contribution in [3.05, 3.63) is 36.0 Å². The van der Waals surface area contributed by atoms with Crippen LogP contribution in [0.3, 0.4) is 0 Å². The summed E-state index contributed by atoms with van der Waals surface area (Å²) < 4.78 is 2.45. The molecule has 1 fully saturated rings. The van der Waals surface area contributed by atoms with Gasteiger partial charge in [-0.15, -0.1) is 0 Å². The molecular weight excluding hydrogens is 234 g/mol. The molecule has 0 saturated heterocycles. The molecule has 0 bridgehead atoms. The fourth-order valence-corrected chi connectivity index (χ4v) is 3.33. The zero-order valence-electron chi connectivity index (χ0n) is 11.8. The minimum atomic E-state index is -0.0809. The number of aliphatic hydroxyl groups is 1. The van der Waals surface area contributed by atoms with Gasteiger partial charge in [0.25, 0.3) is 0 Å². The molecule has 19 heavy (non-hydrogen) atoms. The predicted octanol–water partition coefficient (Wildman–Crippen LogP) is 4.24. The monoisotopic (exact) mass is 257 g/mol. The van der Waals surface area contributed by atoms with E-state index in [9.17, 15) is 5.11 Å². The minimum absolute atomic E-state index is 0.0809. The Balaban J connectivity index is 2.03. The minimum Gasteiger partial charge on any atom is -0.393 e. The second kappa shape index (κ2) is 5.01. The zero-order chi connectivity index (χ0) is 13.4. The summed E-state index contributed by atoms with van der Waals surface area (Å²) >= 11 is 0. The molecule has 2 heteroatoms. The summed E-state index contributed by atoms with van der Waals surface area (Å²) in [6.45, 7) is 4.52. The molecule has 0 radical (unpaired) electrons. The van der Waals surface area contributed by atoms with Gasteiger partial charge in [0.2, 0.25) is 0 Å². The van der Waals surface area contributed by atoms with Crippen LogP contribution in [0.1, 0.15) is 57.1 Å². The van der Waals surface area contributed by atoms with Gasteiger partial charge in [0.15, 0.2) is 0 Å². The topological polar surface area (TPSA) is 25.2 Å². The highest BCUT2D eigenvalue weighted by atomic mass is 16.3. The Labute approximate surface area is 115 Å². The van der Waals surface area contributed by atoms with Crippen LogP contribution in [0, 0.1) is 0 Å². The molecule has 1 aromatic heterocycles. The van der Waals surface area contributed by atoms with E-state index in [0.29, 0.717) is 12.0 Å². The first kappa shape index (κ1) is 12.7. The SMILES string of the molecule is CC(C)c1cn(C2CCC(O)CC2)c2ccccc12. The van der Waals surface area contributed by atoms with Crippen LogP contribution in [0.15, 0.2) is 30.5 Å². The number of aromatic nitrogens is 1. The number of fused-ring (bicyclic) bond motifs is 1. The molecule has 2 aromatic rings. The maximum Gasteiger partial charge on any atom is 0.0541 e. The van der Waals surface area contributed by atoms with Gasteiger partial charge in [-0.3, -0.25) is 0 Å². The number of rotatable bonds is 2. The third-order valence-electron chi connectivity index (χ3n) is 4.45. The van der Waals surface area contributed by atoms with Gasteiger partial charge in [-0.25, -0.2) is 0 Å². The van der Waals surface area contributed by atoms with Crippen LogP contribution in [0.4, 0.5) is 0 Å². The van der Waals surface area contributed by atoms with Gasteiger partial charge < -0.3 is 9.67 Å². The summed E-state index contributed by atoms with van der Waals surface area (Å²) in [5.41, 5.74) is 2.80. The highest BCUT2D eigenvalue weighted by molar-refractivity contribution is 5.84. The van der Waals surface area contributed by atoms with E-state index in [1.54, 1.807) is 0 Å². The van der Waals surface area contributed by atoms with E-state index in [1.165, 1.54) is 16.5 Å². The molecule has 1 saturated carbocycles. The smallest absolute Gasteiger partial charge is 0.0541 e. The van der Waals surface area contributed by atoms with E-state index >= 15 is 0 Å². The Morgan fingerprint density at radius 1 is 1.11 bits per heavy atom. The molecule has 0 amide bonds.